The van der Waals surface area contributed by atoms with E-state index in [1.165, 1.54) is 23.5 Å². The number of hydrogen-bond donors (Lipinski definition) is 1. The van der Waals surface area contributed by atoms with E-state index in [4.69, 9.17) is 0 Å². The number of aromatic nitrogens is 1. The lowest BCUT2D eigenvalue weighted by Gasteiger charge is -2.03. The Bertz CT molecular complexity index is 963. The quantitative estimate of drug-likeness (QED) is 0.538. The van der Waals surface area contributed by atoms with Crippen LogP contribution in [0.15, 0.2) is 54.6 Å². The molecule has 2 heterocycles. The van der Waals surface area contributed by atoms with Crippen LogP contribution in [0.25, 0.3) is 31.6 Å². The average Bonchev–Trinajstić information content (AvgIpc) is 2.86. The van der Waals surface area contributed by atoms with Crippen molar-refractivity contribution in [2.24, 2.45) is 0 Å². The first-order chi connectivity index (χ1) is 10.2. The first-order valence-electron chi connectivity index (χ1n) is 6.49. The summed E-state index contributed by atoms with van der Waals surface area (Å²) >= 11 is 1.35. The van der Waals surface area contributed by atoms with Crippen molar-refractivity contribution in [1.82, 2.24) is 4.98 Å². The zero-order chi connectivity index (χ0) is 14.4. The molecule has 1 N–H and O–H groups in total. The van der Waals surface area contributed by atoms with Crippen molar-refractivity contribution in [3.63, 3.8) is 0 Å². The second kappa shape index (κ2) is 4.53. The summed E-state index contributed by atoms with van der Waals surface area (Å²) in [4.78, 5) is 4.65. The van der Waals surface area contributed by atoms with Gasteiger partial charge in [-0.25, -0.2) is 9.37 Å². The summed E-state index contributed by atoms with van der Waals surface area (Å²) in [6.45, 7) is 0. The summed E-state index contributed by atoms with van der Waals surface area (Å²) in [6, 6.07) is 16.0. The van der Waals surface area contributed by atoms with Crippen molar-refractivity contribution >= 4 is 31.6 Å². The van der Waals surface area contributed by atoms with Crippen LogP contribution < -0.4 is 0 Å². The summed E-state index contributed by atoms with van der Waals surface area (Å²) < 4.78 is 14.8. The first kappa shape index (κ1) is 12.3. The van der Waals surface area contributed by atoms with E-state index in [0.717, 1.165) is 15.6 Å². The first-order valence-corrected chi connectivity index (χ1v) is 7.31. The van der Waals surface area contributed by atoms with Crippen LogP contribution in [-0.4, -0.2) is 10.1 Å². The van der Waals surface area contributed by atoms with E-state index in [1.54, 1.807) is 12.1 Å². The van der Waals surface area contributed by atoms with Crippen molar-refractivity contribution in [1.29, 1.82) is 0 Å². The molecule has 0 aliphatic heterocycles. The van der Waals surface area contributed by atoms with E-state index in [-0.39, 0.29) is 11.6 Å². The molecule has 4 rings (SSSR count). The van der Waals surface area contributed by atoms with Gasteiger partial charge in [-0.2, -0.15) is 0 Å². The third-order valence-electron chi connectivity index (χ3n) is 3.43. The molecule has 2 aromatic heterocycles. The van der Waals surface area contributed by atoms with Crippen molar-refractivity contribution in [2.45, 2.75) is 0 Å². The number of nitrogens with zero attached hydrogens (tertiary/aromatic N) is 1. The number of pyridine rings is 1. The van der Waals surface area contributed by atoms with Crippen LogP contribution in [0.1, 0.15) is 0 Å². The molecule has 0 atom stereocenters. The average molecular weight is 295 g/mol. The van der Waals surface area contributed by atoms with Gasteiger partial charge in [-0.15, -0.1) is 11.3 Å². The van der Waals surface area contributed by atoms with Crippen molar-refractivity contribution in [3.8, 4) is 17.0 Å². The standard InChI is InChI=1S/C17H10FNOS/c18-11-6-7-12-15(8-11)21-17-14(20)9-13(19-16(12)17)10-4-2-1-3-5-10/h1-9H,(H,19,20). The second-order valence-corrected chi connectivity index (χ2v) is 5.87. The van der Waals surface area contributed by atoms with E-state index in [9.17, 15) is 9.50 Å². The molecule has 0 saturated heterocycles. The monoisotopic (exact) mass is 295 g/mol. The number of fused-ring (bicyclic) bond motifs is 3. The van der Waals surface area contributed by atoms with E-state index in [0.29, 0.717) is 15.9 Å². The smallest absolute Gasteiger partial charge is 0.137 e. The largest absolute Gasteiger partial charge is 0.506 e. The highest BCUT2D eigenvalue weighted by Gasteiger charge is 2.13. The molecule has 2 aromatic carbocycles. The molecule has 2 nitrogen and oxygen atoms in total. The fourth-order valence-electron chi connectivity index (χ4n) is 2.45. The molecule has 0 bridgehead atoms. The number of rotatable bonds is 1. The third kappa shape index (κ3) is 1.96. The maximum atomic E-state index is 13.3. The maximum absolute atomic E-state index is 13.3. The number of hydrogen-bond acceptors (Lipinski definition) is 3. The van der Waals surface area contributed by atoms with Gasteiger partial charge in [0.15, 0.2) is 0 Å². The molecule has 0 amide bonds. The van der Waals surface area contributed by atoms with Crippen LogP contribution in [0.4, 0.5) is 4.39 Å². The minimum absolute atomic E-state index is 0.181. The molecule has 4 aromatic rings. The van der Waals surface area contributed by atoms with E-state index in [1.807, 2.05) is 30.3 Å². The second-order valence-electron chi connectivity index (χ2n) is 4.81. The molecule has 0 aliphatic carbocycles. The number of halogens is 1. The molecule has 0 aliphatic rings. The van der Waals surface area contributed by atoms with Crippen LogP contribution in [0.5, 0.6) is 5.75 Å². The van der Waals surface area contributed by atoms with E-state index < -0.39 is 0 Å². The minimum Gasteiger partial charge on any atom is -0.506 e. The highest BCUT2D eigenvalue weighted by Crippen LogP contribution is 2.39. The Labute approximate surface area is 124 Å². The SMILES string of the molecule is Oc1cc(-c2ccccc2)nc2c1sc1cc(F)ccc12. The summed E-state index contributed by atoms with van der Waals surface area (Å²) in [5.41, 5.74) is 2.37. The Morgan fingerprint density at radius 3 is 2.62 bits per heavy atom. The number of aromatic hydroxyl groups is 1. The van der Waals surface area contributed by atoms with Gasteiger partial charge in [-0.05, 0) is 18.2 Å². The van der Waals surface area contributed by atoms with Gasteiger partial charge in [0.05, 0.1) is 15.9 Å². The Morgan fingerprint density at radius 1 is 1.00 bits per heavy atom. The lowest BCUT2D eigenvalue weighted by molar-refractivity contribution is 0.482. The van der Waals surface area contributed by atoms with Crippen molar-refractivity contribution < 1.29 is 9.50 Å². The van der Waals surface area contributed by atoms with Crippen LogP contribution in [0, 0.1) is 5.82 Å². The Balaban J connectivity index is 2.07. The highest BCUT2D eigenvalue weighted by molar-refractivity contribution is 7.26. The summed E-state index contributed by atoms with van der Waals surface area (Å²) in [5, 5.41) is 11.1. The zero-order valence-corrected chi connectivity index (χ0v) is 11.7. The predicted octanol–water partition coefficient (Wildman–Crippen LogP) is 4.96. The molecular formula is C17H10FNOS. The summed E-state index contributed by atoms with van der Waals surface area (Å²) in [5.74, 6) is -0.0997. The predicted molar refractivity (Wildman–Crippen MR) is 84.2 cm³/mol. The van der Waals surface area contributed by atoms with Gasteiger partial charge >= 0.3 is 0 Å². The molecule has 0 saturated carbocycles. The van der Waals surface area contributed by atoms with Crippen LogP contribution in [0.3, 0.4) is 0 Å². The lowest BCUT2D eigenvalue weighted by Crippen LogP contribution is -1.84. The third-order valence-corrected chi connectivity index (χ3v) is 4.60. The van der Waals surface area contributed by atoms with Crippen LogP contribution >= 0.6 is 11.3 Å². The Hall–Kier alpha value is -2.46. The maximum Gasteiger partial charge on any atom is 0.137 e. The van der Waals surface area contributed by atoms with Crippen LogP contribution in [-0.2, 0) is 0 Å². The minimum atomic E-state index is -0.281. The molecule has 102 valence electrons. The summed E-state index contributed by atoms with van der Waals surface area (Å²) in [7, 11) is 0. The topological polar surface area (TPSA) is 33.1 Å². The van der Waals surface area contributed by atoms with Crippen LogP contribution in [0.2, 0.25) is 0 Å². The Morgan fingerprint density at radius 2 is 1.81 bits per heavy atom. The molecule has 0 spiro atoms. The number of thiophene rings is 1. The van der Waals surface area contributed by atoms with Gasteiger partial charge in [-0.1, -0.05) is 30.3 Å². The fourth-order valence-corrected chi connectivity index (χ4v) is 3.53. The van der Waals surface area contributed by atoms with Gasteiger partial charge in [0.25, 0.3) is 0 Å². The van der Waals surface area contributed by atoms with Crippen molar-refractivity contribution in [2.75, 3.05) is 0 Å². The fraction of sp³-hybridized carbons (Fsp3) is 0. The zero-order valence-electron chi connectivity index (χ0n) is 10.9. The molecule has 0 unspecified atom stereocenters. The number of benzene rings is 2. The van der Waals surface area contributed by atoms with Gasteiger partial charge in [0.1, 0.15) is 11.6 Å². The summed E-state index contributed by atoms with van der Waals surface area (Å²) in [6.07, 6.45) is 0. The molecule has 4 heteroatoms. The van der Waals surface area contributed by atoms with Crippen molar-refractivity contribution in [3.05, 3.63) is 60.4 Å². The van der Waals surface area contributed by atoms with E-state index in [2.05, 4.69) is 4.98 Å². The van der Waals surface area contributed by atoms with Gasteiger partial charge in [-0.3, -0.25) is 0 Å². The highest BCUT2D eigenvalue weighted by atomic mass is 32.1. The molecule has 0 radical (unpaired) electrons. The van der Waals surface area contributed by atoms with Gasteiger partial charge in [0, 0.05) is 21.7 Å². The lowest BCUT2D eigenvalue weighted by atomic mass is 10.1. The molecular weight excluding hydrogens is 285 g/mol. The normalized spacial score (nSPS) is 11.3. The van der Waals surface area contributed by atoms with E-state index >= 15 is 0 Å². The Kier molecular flexibility index (Phi) is 2.65. The molecule has 21 heavy (non-hydrogen) atoms. The van der Waals surface area contributed by atoms with Gasteiger partial charge in [0.2, 0.25) is 0 Å². The molecule has 0 fully saturated rings. The van der Waals surface area contributed by atoms with Gasteiger partial charge < -0.3 is 5.11 Å².